The molecular weight excluding hydrogens is 338 g/mol. The molecule has 1 fully saturated rings. The Morgan fingerprint density at radius 3 is 2.88 bits per heavy atom. The lowest BCUT2D eigenvalue weighted by atomic mass is 9.91. The van der Waals surface area contributed by atoms with Gasteiger partial charge in [-0.1, -0.05) is 31.5 Å². The average Bonchev–Trinajstić information content (AvgIpc) is 3.20. The Hall–Kier alpha value is -2.41. The van der Waals surface area contributed by atoms with Crippen molar-refractivity contribution in [3.05, 3.63) is 47.0 Å². The number of nitrogens with one attached hydrogen (secondary N) is 2. The number of thiazole rings is 1. The highest BCUT2D eigenvalue weighted by Crippen LogP contribution is 2.41. The number of esters is 1. The molecule has 0 bridgehead atoms. The molecule has 7 heteroatoms. The second-order valence-corrected chi connectivity index (χ2v) is 7.18. The standard InChI is InChI=1S/C18H21N3O3S/c1-3-7-13-10-18(2,24-16(13)23)14-11-25-17(19-14)21-20-15(22)12-8-5-4-6-9-12/h4-6,8-9,11,13H,3,7,10H2,1-2H3,(H,19,21)(H,20,22)/t13-,18+/m0/s1. The number of hydrogen-bond donors (Lipinski definition) is 2. The van der Waals surface area contributed by atoms with Crippen LogP contribution in [0.5, 0.6) is 0 Å². The van der Waals surface area contributed by atoms with Crippen LogP contribution in [0.2, 0.25) is 0 Å². The third kappa shape index (κ3) is 3.82. The van der Waals surface area contributed by atoms with Gasteiger partial charge in [-0.05, 0) is 25.5 Å². The third-order valence-electron chi connectivity index (χ3n) is 4.30. The van der Waals surface area contributed by atoms with Crippen molar-refractivity contribution in [3.63, 3.8) is 0 Å². The number of carbonyl (C=O) groups excluding carboxylic acids is 2. The average molecular weight is 359 g/mol. The first kappa shape index (κ1) is 17.4. The van der Waals surface area contributed by atoms with Crippen molar-refractivity contribution in [3.8, 4) is 0 Å². The van der Waals surface area contributed by atoms with E-state index in [4.69, 9.17) is 4.74 Å². The zero-order chi connectivity index (χ0) is 17.9. The molecule has 1 amide bonds. The first-order valence-electron chi connectivity index (χ1n) is 8.32. The zero-order valence-electron chi connectivity index (χ0n) is 14.2. The van der Waals surface area contributed by atoms with E-state index in [0.29, 0.717) is 22.8 Å². The van der Waals surface area contributed by atoms with Crippen LogP contribution in [0.15, 0.2) is 35.7 Å². The van der Waals surface area contributed by atoms with Crippen LogP contribution < -0.4 is 10.9 Å². The molecule has 1 aromatic carbocycles. The monoisotopic (exact) mass is 359 g/mol. The van der Waals surface area contributed by atoms with Crippen LogP contribution >= 0.6 is 11.3 Å². The van der Waals surface area contributed by atoms with E-state index in [1.54, 1.807) is 24.3 Å². The molecule has 132 valence electrons. The molecule has 1 aliphatic rings. The molecule has 1 aromatic heterocycles. The van der Waals surface area contributed by atoms with Crippen LogP contribution in [0, 0.1) is 5.92 Å². The number of benzene rings is 1. The number of amides is 1. The van der Waals surface area contributed by atoms with E-state index < -0.39 is 5.60 Å². The van der Waals surface area contributed by atoms with Crippen molar-refractivity contribution in [1.29, 1.82) is 0 Å². The lowest BCUT2D eigenvalue weighted by Crippen LogP contribution is -2.29. The summed E-state index contributed by atoms with van der Waals surface area (Å²) in [5.74, 6) is -0.450. The molecule has 0 spiro atoms. The van der Waals surface area contributed by atoms with Gasteiger partial charge in [-0.3, -0.25) is 20.4 Å². The Morgan fingerprint density at radius 2 is 2.16 bits per heavy atom. The minimum absolute atomic E-state index is 0.0640. The van der Waals surface area contributed by atoms with Gasteiger partial charge in [0.2, 0.25) is 5.13 Å². The number of aromatic nitrogens is 1. The minimum atomic E-state index is -0.698. The largest absolute Gasteiger partial charge is 0.453 e. The van der Waals surface area contributed by atoms with Crippen molar-refractivity contribution in [2.75, 3.05) is 5.43 Å². The molecular formula is C18H21N3O3S. The van der Waals surface area contributed by atoms with Crippen molar-refractivity contribution in [2.45, 2.75) is 38.7 Å². The molecule has 6 nitrogen and oxygen atoms in total. The van der Waals surface area contributed by atoms with Crippen LogP contribution in [-0.4, -0.2) is 16.9 Å². The zero-order valence-corrected chi connectivity index (χ0v) is 15.1. The summed E-state index contributed by atoms with van der Waals surface area (Å²) in [6, 6.07) is 8.93. The fourth-order valence-electron chi connectivity index (χ4n) is 2.97. The molecule has 1 aliphatic heterocycles. The number of hydrazine groups is 1. The van der Waals surface area contributed by atoms with E-state index in [9.17, 15) is 9.59 Å². The molecule has 3 rings (SSSR count). The summed E-state index contributed by atoms with van der Waals surface area (Å²) in [6.45, 7) is 3.95. The highest BCUT2D eigenvalue weighted by molar-refractivity contribution is 7.13. The maximum absolute atomic E-state index is 12.0. The number of cyclic esters (lactones) is 1. The van der Waals surface area contributed by atoms with Gasteiger partial charge in [-0.15, -0.1) is 11.3 Å². The van der Waals surface area contributed by atoms with Crippen LogP contribution in [-0.2, 0) is 15.1 Å². The van der Waals surface area contributed by atoms with Gasteiger partial charge in [0.15, 0.2) is 5.60 Å². The molecule has 0 unspecified atom stereocenters. The molecule has 0 radical (unpaired) electrons. The van der Waals surface area contributed by atoms with Gasteiger partial charge >= 0.3 is 5.97 Å². The second-order valence-electron chi connectivity index (χ2n) is 6.32. The van der Waals surface area contributed by atoms with Crippen LogP contribution in [0.25, 0.3) is 0 Å². The summed E-state index contributed by atoms with van der Waals surface area (Å²) in [4.78, 5) is 28.5. The van der Waals surface area contributed by atoms with Gasteiger partial charge in [-0.2, -0.15) is 0 Å². The molecule has 0 saturated carbocycles. The fourth-order valence-corrected chi connectivity index (χ4v) is 3.76. The van der Waals surface area contributed by atoms with E-state index >= 15 is 0 Å². The van der Waals surface area contributed by atoms with Crippen LogP contribution in [0.3, 0.4) is 0 Å². The maximum Gasteiger partial charge on any atom is 0.310 e. The van der Waals surface area contributed by atoms with Gasteiger partial charge < -0.3 is 4.74 Å². The Bertz CT molecular complexity index is 762. The summed E-state index contributed by atoms with van der Waals surface area (Å²) < 4.78 is 5.60. The Balaban J connectivity index is 1.63. The third-order valence-corrected chi connectivity index (χ3v) is 5.05. The topological polar surface area (TPSA) is 80.3 Å². The quantitative estimate of drug-likeness (QED) is 0.610. The lowest BCUT2D eigenvalue weighted by Gasteiger charge is -2.19. The van der Waals surface area contributed by atoms with E-state index in [2.05, 4.69) is 22.8 Å². The number of nitrogens with zero attached hydrogens (tertiary/aromatic N) is 1. The van der Waals surface area contributed by atoms with Gasteiger partial charge in [0.25, 0.3) is 5.91 Å². The predicted octanol–water partition coefficient (Wildman–Crippen LogP) is 3.48. The Labute approximate surface area is 150 Å². The van der Waals surface area contributed by atoms with E-state index in [0.717, 1.165) is 12.8 Å². The normalized spacial score (nSPS) is 22.5. The number of hydrogen-bond acceptors (Lipinski definition) is 6. The van der Waals surface area contributed by atoms with Crippen molar-refractivity contribution in [1.82, 2.24) is 10.4 Å². The van der Waals surface area contributed by atoms with Crippen LogP contribution in [0.1, 0.15) is 49.2 Å². The number of rotatable bonds is 6. The predicted molar refractivity (Wildman–Crippen MR) is 96.1 cm³/mol. The molecule has 2 aromatic rings. The van der Waals surface area contributed by atoms with Crippen molar-refractivity contribution >= 4 is 28.3 Å². The Morgan fingerprint density at radius 1 is 1.40 bits per heavy atom. The number of anilines is 1. The molecule has 2 N–H and O–H groups in total. The van der Waals surface area contributed by atoms with Gasteiger partial charge in [0.1, 0.15) is 0 Å². The SMILES string of the molecule is CCC[C@H]1C[C@](C)(c2csc(NNC(=O)c3ccccc3)n2)OC1=O. The first-order valence-corrected chi connectivity index (χ1v) is 9.20. The van der Waals surface area contributed by atoms with Crippen molar-refractivity contribution < 1.29 is 14.3 Å². The second kappa shape index (κ2) is 7.23. The fraction of sp³-hybridized carbons (Fsp3) is 0.389. The lowest BCUT2D eigenvalue weighted by molar-refractivity contribution is -0.150. The molecule has 1 saturated heterocycles. The molecule has 2 atom stereocenters. The van der Waals surface area contributed by atoms with E-state index in [-0.39, 0.29) is 17.8 Å². The summed E-state index contributed by atoms with van der Waals surface area (Å²) in [5, 5.41) is 2.41. The molecule has 0 aliphatic carbocycles. The van der Waals surface area contributed by atoms with Crippen molar-refractivity contribution in [2.24, 2.45) is 5.92 Å². The highest BCUT2D eigenvalue weighted by Gasteiger charge is 2.45. The summed E-state index contributed by atoms with van der Waals surface area (Å²) >= 11 is 1.36. The van der Waals surface area contributed by atoms with Gasteiger partial charge in [-0.25, -0.2) is 4.98 Å². The summed E-state index contributed by atoms with van der Waals surface area (Å²) in [6.07, 6.45) is 2.42. The number of carbonyl (C=O) groups is 2. The highest BCUT2D eigenvalue weighted by atomic mass is 32.1. The molecule has 2 heterocycles. The van der Waals surface area contributed by atoms with E-state index in [1.807, 2.05) is 18.4 Å². The number of ether oxygens (including phenoxy) is 1. The first-order chi connectivity index (χ1) is 12.0. The smallest absolute Gasteiger partial charge is 0.310 e. The summed E-state index contributed by atoms with van der Waals surface area (Å²) in [5.41, 5.74) is 6.01. The van der Waals surface area contributed by atoms with E-state index in [1.165, 1.54) is 11.3 Å². The van der Waals surface area contributed by atoms with Gasteiger partial charge in [0.05, 0.1) is 11.6 Å². The van der Waals surface area contributed by atoms with Gasteiger partial charge in [0, 0.05) is 17.4 Å². The summed E-state index contributed by atoms with van der Waals surface area (Å²) in [7, 11) is 0. The minimum Gasteiger partial charge on any atom is -0.453 e. The van der Waals surface area contributed by atoms with Crippen LogP contribution in [0.4, 0.5) is 5.13 Å². The molecule has 25 heavy (non-hydrogen) atoms. The Kier molecular flexibility index (Phi) is 5.03. The maximum atomic E-state index is 12.0.